The standard InChI is InChI=1S/C19H15NO3S/c1-12(21)23-17-11-24-19-16-9-5-4-8-15(16)18(22)20(19)10-13-6-2-3-7-14(13)17/h2-9,11,19H,10H2,1H3/b17-11+/t19-/m1/s1. The Morgan fingerprint density at radius 2 is 1.83 bits per heavy atom. The number of rotatable bonds is 1. The maximum Gasteiger partial charge on any atom is 0.308 e. The van der Waals surface area contributed by atoms with Gasteiger partial charge in [-0.3, -0.25) is 9.59 Å². The highest BCUT2D eigenvalue weighted by molar-refractivity contribution is 8.02. The molecular weight excluding hydrogens is 322 g/mol. The summed E-state index contributed by atoms with van der Waals surface area (Å²) in [6, 6.07) is 15.4. The van der Waals surface area contributed by atoms with Crippen molar-refractivity contribution in [3.8, 4) is 0 Å². The van der Waals surface area contributed by atoms with E-state index in [1.54, 1.807) is 0 Å². The van der Waals surface area contributed by atoms with Crippen molar-refractivity contribution < 1.29 is 14.3 Å². The number of esters is 1. The fourth-order valence-corrected chi connectivity index (χ4v) is 4.24. The highest BCUT2D eigenvalue weighted by Gasteiger charge is 2.37. The summed E-state index contributed by atoms with van der Waals surface area (Å²) >= 11 is 1.49. The Morgan fingerprint density at radius 3 is 2.62 bits per heavy atom. The van der Waals surface area contributed by atoms with Crippen LogP contribution in [0.15, 0.2) is 53.9 Å². The van der Waals surface area contributed by atoms with Crippen molar-refractivity contribution in [1.29, 1.82) is 0 Å². The second-order valence-electron chi connectivity index (χ2n) is 5.74. The van der Waals surface area contributed by atoms with E-state index in [4.69, 9.17) is 4.74 Å². The number of nitrogens with zero attached hydrogens (tertiary/aromatic N) is 1. The molecule has 1 atom stereocenters. The van der Waals surface area contributed by atoms with Crippen LogP contribution in [0.25, 0.3) is 5.76 Å². The largest absolute Gasteiger partial charge is 0.426 e. The summed E-state index contributed by atoms with van der Waals surface area (Å²) in [5.74, 6) is 0.235. The van der Waals surface area contributed by atoms with Gasteiger partial charge in [0.25, 0.3) is 5.91 Å². The van der Waals surface area contributed by atoms with Crippen molar-refractivity contribution in [2.24, 2.45) is 0 Å². The molecule has 0 fully saturated rings. The first-order valence-electron chi connectivity index (χ1n) is 7.67. The number of fused-ring (bicyclic) bond motifs is 4. The van der Waals surface area contributed by atoms with Crippen LogP contribution in [0.3, 0.4) is 0 Å². The molecule has 1 amide bonds. The molecular formula is C19H15NO3S. The lowest BCUT2D eigenvalue weighted by Gasteiger charge is -2.27. The molecule has 24 heavy (non-hydrogen) atoms. The molecule has 4 rings (SSSR count). The van der Waals surface area contributed by atoms with Crippen LogP contribution in [-0.4, -0.2) is 16.8 Å². The number of carbonyl (C=O) groups excluding carboxylic acids is 2. The summed E-state index contributed by atoms with van der Waals surface area (Å²) < 4.78 is 5.41. The molecule has 2 aromatic rings. The lowest BCUT2D eigenvalue weighted by Crippen LogP contribution is -2.27. The second kappa shape index (κ2) is 5.83. The van der Waals surface area contributed by atoms with Gasteiger partial charge in [-0.2, -0.15) is 0 Å². The number of ether oxygens (including phenoxy) is 1. The van der Waals surface area contributed by atoms with Gasteiger partial charge in [0.05, 0.1) is 0 Å². The molecule has 2 aliphatic rings. The predicted molar refractivity (Wildman–Crippen MR) is 92.8 cm³/mol. The first-order valence-corrected chi connectivity index (χ1v) is 8.61. The smallest absolute Gasteiger partial charge is 0.308 e. The van der Waals surface area contributed by atoms with Gasteiger partial charge in [-0.05, 0) is 17.2 Å². The molecule has 0 unspecified atom stereocenters. The van der Waals surface area contributed by atoms with E-state index in [0.717, 1.165) is 22.3 Å². The van der Waals surface area contributed by atoms with Crippen LogP contribution in [0, 0.1) is 0 Å². The van der Waals surface area contributed by atoms with Crippen molar-refractivity contribution in [3.63, 3.8) is 0 Å². The van der Waals surface area contributed by atoms with Crippen molar-refractivity contribution in [2.45, 2.75) is 18.8 Å². The SMILES string of the molecule is CC(=O)O/C1=C/S[C@@H]2c3ccccc3C(=O)N2Cc2ccccc21. The van der Waals surface area contributed by atoms with E-state index < -0.39 is 0 Å². The summed E-state index contributed by atoms with van der Waals surface area (Å²) in [5, 5.41) is 1.74. The van der Waals surface area contributed by atoms with Gasteiger partial charge < -0.3 is 9.64 Å². The van der Waals surface area contributed by atoms with Crippen LogP contribution in [-0.2, 0) is 16.1 Å². The third-order valence-corrected chi connectivity index (χ3v) is 5.30. The summed E-state index contributed by atoms with van der Waals surface area (Å²) in [4.78, 5) is 26.1. The minimum absolute atomic E-state index is 0.0437. The number of thioether (sulfide) groups is 1. The Hall–Kier alpha value is -2.53. The van der Waals surface area contributed by atoms with Gasteiger partial charge in [0.1, 0.15) is 11.1 Å². The summed E-state index contributed by atoms with van der Waals surface area (Å²) in [6.07, 6.45) is 0. The lowest BCUT2D eigenvalue weighted by atomic mass is 10.1. The third kappa shape index (κ3) is 2.41. The molecule has 0 aliphatic carbocycles. The quantitative estimate of drug-likeness (QED) is 0.739. The Morgan fingerprint density at radius 1 is 1.12 bits per heavy atom. The Bertz CT molecular complexity index is 874. The molecule has 0 N–H and O–H groups in total. The van der Waals surface area contributed by atoms with Crippen molar-refractivity contribution in [2.75, 3.05) is 0 Å². The number of hydrogen-bond acceptors (Lipinski definition) is 4. The van der Waals surface area contributed by atoms with Gasteiger partial charge in [0.2, 0.25) is 0 Å². The minimum atomic E-state index is -0.350. The Labute approximate surface area is 144 Å². The van der Waals surface area contributed by atoms with E-state index >= 15 is 0 Å². The van der Waals surface area contributed by atoms with Crippen molar-refractivity contribution >= 4 is 29.4 Å². The molecule has 2 heterocycles. The molecule has 120 valence electrons. The average molecular weight is 337 g/mol. The van der Waals surface area contributed by atoms with Crippen LogP contribution in [0.5, 0.6) is 0 Å². The van der Waals surface area contributed by atoms with Gasteiger partial charge in [-0.15, -0.1) is 11.8 Å². The summed E-state index contributed by atoms with van der Waals surface area (Å²) in [6.45, 7) is 1.88. The number of benzene rings is 2. The molecule has 4 nitrogen and oxygen atoms in total. The number of carbonyl (C=O) groups is 2. The van der Waals surface area contributed by atoms with E-state index in [2.05, 4.69) is 0 Å². The maximum atomic E-state index is 12.8. The molecule has 0 saturated carbocycles. The second-order valence-corrected chi connectivity index (χ2v) is 6.70. The highest BCUT2D eigenvalue weighted by atomic mass is 32.2. The minimum Gasteiger partial charge on any atom is -0.426 e. The Kier molecular flexibility index (Phi) is 3.65. The molecule has 0 radical (unpaired) electrons. The van der Waals surface area contributed by atoms with Gasteiger partial charge in [0, 0.05) is 30.0 Å². The van der Waals surface area contributed by atoms with Gasteiger partial charge in [-0.1, -0.05) is 42.5 Å². The normalized spacial score (nSPS) is 20.9. The highest BCUT2D eigenvalue weighted by Crippen LogP contribution is 2.45. The summed E-state index contributed by atoms with van der Waals surface area (Å²) in [7, 11) is 0. The zero-order valence-electron chi connectivity index (χ0n) is 13.1. The number of hydrogen-bond donors (Lipinski definition) is 0. The van der Waals surface area contributed by atoms with Crippen LogP contribution in [0.2, 0.25) is 0 Å². The maximum absolute atomic E-state index is 12.8. The summed E-state index contributed by atoms with van der Waals surface area (Å²) in [5.41, 5.74) is 3.57. The third-order valence-electron chi connectivity index (χ3n) is 4.18. The monoisotopic (exact) mass is 337 g/mol. The molecule has 0 bridgehead atoms. The van der Waals surface area contributed by atoms with Gasteiger partial charge >= 0.3 is 5.97 Å². The fraction of sp³-hybridized carbons (Fsp3) is 0.158. The van der Waals surface area contributed by atoms with Crippen LogP contribution in [0.4, 0.5) is 0 Å². The zero-order chi connectivity index (χ0) is 16.7. The Balaban J connectivity index is 1.82. The molecule has 5 heteroatoms. The zero-order valence-corrected chi connectivity index (χ0v) is 13.9. The van der Waals surface area contributed by atoms with Crippen molar-refractivity contribution in [3.05, 3.63) is 76.2 Å². The molecule has 2 aliphatic heterocycles. The molecule has 0 spiro atoms. The first-order chi connectivity index (χ1) is 11.6. The van der Waals surface area contributed by atoms with E-state index in [1.807, 2.05) is 58.8 Å². The van der Waals surface area contributed by atoms with Gasteiger partial charge in [-0.25, -0.2) is 0 Å². The molecule has 2 aromatic carbocycles. The first kappa shape index (κ1) is 15.0. The van der Waals surface area contributed by atoms with Crippen molar-refractivity contribution in [1.82, 2.24) is 4.90 Å². The lowest BCUT2D eigenvalue weighted by molar-refractivity contribution is -0.134. The van der Waals surface area contributed by atoms with E-state index in [0.29, 0.717) is 12.3 Å². The fourth-order valence-electron chi connectivity index (χ4n) is 3.14. The molecule has 0 saturated heterocycles. The van der Waals surface area contributed by atoms with E-state index in [-0.39, 0.29) is 17.3 Å². The van der Waals surface area contributed by atoms with E-state index in [9.17, 15) is 9.59 Å². The van der Waals surface area contributed by atoms with Crippen LogP contribution < -0.4 is 0 Å². The average Bonchev–Trinajstić information content (AvgIpc) is 2.82. The predicted octanol–water partition coefficient (Wildman–Crippen LogP) is 3.95. The molecule has 0 aromatic heterocycles. The van der Waals surface area contributed by atoms with Crippen LogP contribution >= 0.6 is 11.8 Å². The van der Waals surface area contributed by atoms with E-state index in [1.165, 1.54) is 18.7 Å². The number of amides is 1. The topological polar surface area (TPSA) is 46.6 Å². The van der Waals surface area contributed by atoms with Crippen LogP contribution in [0.1, 0.15) is 39.3 Å². The van der Waals surface area contributed by atoms with Gasteiger partial charge in [0.15, 0.2) is 0 Å².